The second-order valence-electron chi connectivity index (χ2n) is 3.57. The molecule has 0 unspecified atom stereocenters. The quantitative estimate of drug-likeness (QED) is 0.833. The normalized spacial score (nSPS) is 10.6. The van der Waals surface area contributed by atoms with Crippen LogP contribution >= 0.6 is 0 Å². The van der Waals surface area contributed by atoms with Crippen LogP contribution < -0.4 is 4.74 Å². The third-order valence-corrected chi connectivity index (χ3v) is 2.55. The van der Waals surface area contributed by atoms with Crippen molar-refractivity contribution in [2.24, 2.45) is 0 Å². The Morgan fingerprint density at radius 2 is 2.25 bits per heavy atom. The van der Waals surface area contributed by atoms with Crippen molar-refractivity contribution in [1.29, 1.82) is 0 Å². The maximum atomic E-state index is 10.9. The van der Waals surface area contributed by atoms with Crippen LogP contribution in [-0.4, -0.2) is 22.7 Å². The summed E-state index contributed by atoms with van der Waals surface area (Å²) in [5, 5.41) is 9.87. The van der Waals surface area contributed by atoms with E-state index in [-0.39, 0.29) is 5.69 Å². The molecule has 0 fully saturated rings. The third-order valence-electron chi connectivity index (χ3n) is 2.55. The van der Waals surface area contributed by atoms with Crippen LogP contribution in [0.15, 0.2) is 18.2 Å². The number of aromatic amines is 1. The fraction of sp³-hybridized carbons (Fsp3) is 0.250. The van der Waals surface area contributed by atoms with Gasteiger partial charge in [0.15, 0.2) is 0 Å². The highest BCUT2D eigenvalue weighted by Crippen LogP contribution is 2.26. The molecule has 2 N–H and O–H groups in total. The van der Waals surface area contributed by atoms with E-state index in [4.69, 9.17) is 9.84 Å². The number of fused-ring (bicyclic) bond motifs is 1. The molecule has 0 saturated heterocycles. The van der Waals surface area contributed by atoms with Crippen molar-refractivity contribution < 1.29 is 14.6 Å². The molecule has 4 heteroatoms. The number of hydrogen-bond acceptors (Lipinski definition) is 2. The van der Waals surface area contributed by atoms with Crippen molar-refractivity contribution >= 4 is 16.9 Å². The molecule has 1 aromatic heterocycles. The second kappa shape index (κ2) is 3.89. The zero-order valence-corrected chi connectivity index (χ0v) is 9.20. The number of aryl methyl sites for hydroxylation is 1. The van der Waals surface area contributed by atoms with Crippen molar-refractivity contribution in [3.8, 4) is 5.75 Å². The molecule has 0 aliphatic carbocycles. The summed E-state index contributed by atoms with van der Waals surface area (Å²) < 4.78 is 5.38. The lowest BCUT2D eigenvalue weighted by Crippen LogP contribution is -1.97. The maximum Gasteiger partial charge on any atom is 0.352 e. The van der Waals surface area contributed by atoms with Crippen LogP contribution in [0.5, 0.6) is 5.75 Å². The van der Waals surface area contributed by atoms with Gasteiger partial charge in [-0.05, 0) is 37.6 Å². The number of aromatic nitrogens is 1. The van der Waals surface area contributed by atoms with Crippen LogP contribution in [-0.2, 0) is 0 Å². The number of carbonyl (C=O) groups is 1. The van der Waals surface area contributed by atoms with Gasteiger partial charge in [-0.2, -0.15) is 0 Å². The van der Waals surface area contributed by atoms with E-state index in [0.717, 1.165) is 22.2 Å². The first-order chi connectivity index (χ1) is 7.63. The summed E-state index contributed by atoms with van der Waals surface area (Å²) in [6, 6.07) is 5.52. The van der Waals surface area contributed by atoms with Crippen LogP contribution in [0, 0.1) is 6.92 Å². The zero-order chi connectivity index (χ0) is 11.7. The first kappa shape index (κ1) is 10.5. The van der Waals surface area contributed by atoms with Gasteiger partial charge >= 0.3 is 5.97 Å². The van der Waals surface area contributed by atoms with Crippen LogP contribution in [0.2, 0.25) is 0 Å². The summed E-state index contributed by atoms with van der Waals surface area (Å²) in [6.45, 7) is 4.30. The van der Waals surface area contributed by atoms with Crippen LogP contribution in [0.3, 0.4) is 0 Å². The van der Waals surface area contributed by atoms with E-state index in [1.807, 2.05) is 25.1 Å². The monoisotopic (exact) mass is 219 g/mol. The molecule has 0 amide bonds. The van der Waals surface area contributed by atoms with Crippen molar-refractivity contribution in [1.82, 2.24) is 4.98 Å². The Morgan fingerprint density at radius 1 is 1.50 bits per heavy atom. The number of aromatic carboxylic acids is 1. The Balaban J connectivity index is 2.59. The van der Waals surface area contributed by atoms with Gasteiger partial charge in [-0.3, -0.25) is 0 Å². The summed E-state index contributed by atoms with van der Waals surface area (Å²) in [4.78, 5) is 13.8. The fourth-order valence-electron chi connectivity index (χ4n) is 1.78. The summed E-state index contributed by atoms with van der Waals surface area (Å²) >= 11 is 0. The topological polar surface area (TPSA) is 62.3 Å². The zero-order valence-electron chi connectivity index (χ0n) is 9.20. The molecule has 0 aliphatic rings. The number of H-pyrrole nitrogens is 1. The third kappa shape index (κ3) is 1.62. The van der Waals surface area contributed by atoms with Crippen LogP contribution in [0.4, 0.5) is 0 Å². The lowest BCUT2D eigenvalue weighted by molar-refractivity contribution is 0.0691. The van der Waals surface area contributed by atoms with Crippen molar-refractivity contribution in [2.75, 3.05) is 6.61 Å². The Morgan fingerprint density at radius 3 is 2.88 bits per heavy atom. The standard InChI is InChI=1S/C12H13NO3/c1-3-16-8-4-5-10-9(6-8)7(2)11(13-10)12(14)15/h4-6,13H,3H2,1-2H3,(H,14,15). The van der Waals surface area contributed by atoms with Gasteiger partial charge < -0.3 is 14.8 Å². The Kier molecular flexibility index (Phi) is 2.56. The van der Waals surface area contributed by atoms with E-state index < -0.39 is 5.97 Å². The summed E-state index contributed by atoms with van der Waals surface area (Å²) in [5.74, 6) is -0.180. The highest BCUT2D eigenvalue weighted by Gasteiger charge is 2.13. The van der Waals surface area contributed by atoms with Crippen LogP contribution in [0.1, 0.15) is 23.0 Å². The van der Waals surface area contributed by atoms with E-state index >= 15 is 0 Å². The molecule has 1 aromatic carbocycles. The molecule has 16 heavy (non-hydrogen) atoms. The first-order valence-electron chi connectivity index (χ1n) is 5.12. The van der Waals surface area contributed by atoms with E-state index in [1.165, 1.54) is 0 Å². The first-order valence-corrected chi connectivity index (χ1v) is 5.12. The van der Waals surface area contributed by atoms with Crippen molar-refractivity contribution in [3.05, 3.63) is 29.5 Å². The summed E-state index contributed by atoms with van der Waals surface area (Å²) in [5.41, 5.74) is 1.80. The molecule has 0 saturated carbocycles. The number of carboxylic acid groups (broad SMARTS) is 1. The SMILES string of the molecule is CCOc1ccc2[nH]c(C(=O)O)c(C)c2c1. The lowest BCUT2D eigenvalue weighted by atomic mass is 10.1. The molecule has 2 rings (SSSR count). The van der Waals surface area contributed by atoms with Gasteiger partial charge in [0.2, 0.25) is 0 Å². The van der Waals surface area contributed by atoms with Gasteiger partial charge in [-0.25, -0.2) is 4.79 Å². The van der Waals surface area contributed by atoms with Gasteiger partial charge in [0.1, 0.15) is 11.4 Å². The number of rotatable bonds is 3. The number of nitrogens with one attached hydrogen (secondary N) is 1. The van der Waals surface area contributed by atoms with Gasteiger partial charge in [0.25, 0.3) is 0 Å². The van der Waals surface area contributed by atoms with E-state index in [2.05, 4.69) is 4.98 Å². The summed E-state index contributed by atoms with van der Waals surface area (Å²) in [6.07, 6.45) is 0. The maximum absolute atomic E-state index is 10.9. The summed E-state index contributed by atoms with van der Waals surface area (Å²) in [7, 11) is 0. The predicted molar refractivity (Wildman–Crippen MR) is 61.2 cm³/mol. The van der Waals surface area contributed by atoms with Crippen molar-refractivity contribution in [2.45, 2.75) is 13.8 Å². The van der Waals surface area contributed by atoms with Gasteiger partial charge in [0, 0.05) is 10.9 Å². The minimum Gasteiger partial charge on any atom is -0.494 e. The smallest absolute Gasteiger partial charge is 0.352 e. The van der Waals surface area contributed by atoms with Crippen LogP contribution in [0.25, 0.3) is 10.9 Å². The highest BCUT2D eigenvalue weighted by molar-refractivity contribution is 5.97. The largest absolute Gasteiger partial charge is 0.494 e. The fourth-order valence-corrected chi connectivity index (χ4v) is 1.78. The van der Waals surface area contributed by atoms with Gasteiger partial charge in [-0.15, -0.1) is 0 Å². The number of benzene rings is 1. The molecular formula is C12H13NO3. The van der Waals surface area contributed by atoms with E-state index in [0.29, 0.717) is 6.61 Å². The number of hydrogen-bond donors (Lipinski definition) is 2. The Bertz CT molecular complexity index is 542. The molecule has 84 valence electrons. The van der Waals surface area contributed by atoms with Gasteiger partial charge in [-0.1, -0.05) is 0 Å². The van der Waals surface area contributed by atoms with E-state index in [9.17, 15) is 4.79 Å². The highest BCUT2D eigenvalue weighted by atomic mass is 16.5. The minimum absolute atomic E-state index is 0.239. The second-order valence-corrected chi connectivity index (χ2v) is 3.57. The molecule has 0 radical (unpaired) electrons. The molecule has 0 aliphatic heterocycles. The number of ether oxygens (including phenoxy) is 1. The molecular weight excluding hydrogens is 206 g/mol. The number of carboxylic acids is 1. The predicted octanol–water partition coefficient (Wildman–Crippen LogP) is 2.57. The average molecular weight is 219 g/mol. The average Bonchev–Trinajstić information content (AvgIpc) is 2.57. The molecule has 1 heterocycles. The molecule has 0 spiro atoms. The molecule has 4 nitrogen and oxygen atoms in total. The molecule has 0 bridgehead atoms. The van der Waals surface area contributed by atoms with E-state index in [1.54, 1.807) is 6.92 Å². The van der Waals surface area contributed by atoms with Gasteiger partial charge in [0.05, 0.1) is 6.61 Å². The molecule has 0 atom stereocenters. The Hall–Kier alpha value is -1.97. The molecule has 2 aromatic rings. The minimum atomic E-state index is -0.938. The lowest BCUT2D eigenvalue weighted by Gasteiger charge is -2.02. The van der Waals surface area contributed by atoms with Crippen molar-refractivity contribution in [3.63, 3.8) is 0 Å². The Labute approximate surface area is 92.9 Å².